The second-order valence-corrected chi connectivity index (χ2v) is 8.23. The fourth-order valence-corrected chi connectivity index (χ4v) is 4.40. The first-order valence-electron chi connectivity index (χ1n) is 7.98. The van der Waals surface area contributed by atoms with Crippen molar-refractivity contribution in [3.63, 3.8) is 0 Å². The topological polar surface area (TPSA) is 53.5 Å². The largest absolute Gasteiger partial charge is 0.356 e. The molecule has 2 fully saturated rings. The van der Waals surface area contributed by atoms with Gasteiger partial charge in [-0.15, -0.1) is 0 Å². The van der Waals surface area contributed by atoms with Gasteiger partial charge in [0.2, 0.25) is 0 Å². The summed E-state index contributed by atoms with van der Waals surface area (Å²) >= 11 is 0. The third-order valence-electron chi connectivity index (χ3n) is 4.65. The number of hydrogen-bond acceptors (Lipinski definition) is 2. The molecule has 4 nitrogen and oxygen atoms in total. The van der Waals surface area contributed by atoms with Crippen molar-refractivity contribution in [2.75, 3.05) is 19.3 Å². The van der Waals surface area contributed by atoms with Gasteiger partial charge in [0, 0.05) is 41.4 Å². The van der Waals surface area contributed by atoms with Crippen molar-refractivity contribution in [3.8, 4) is 0 Å². The molecule has 0 aromatic heterocycles. The van der Waals surface area contributed by atoms with Crippen molar-refractivity contribution in [2.24, 2.45) is 16.8 Å². The monoisotopic (exact) mass is 299 g/mol. The van der Waals surface area contributed by atoms with Crippen molar-refractivity contribution in [1.29, 1.82) is 0 Å². The van der Waals surface area contributed by atoms with E-state index in [9.17, 15) is 4.21 Å². The highest BCUT2D eigenvalue weighted by Gasteiger charge is 2.32. The van der Waals surface area contributed by atoms with E-state index in [4.69, 9.17) is 0 Å². The Hall–Kier alpha value is -0.580. The van der Waals surface area contributed by atoms with E-state index in [1.807, 2.05) is 14.0 Å². The van der Waals surface area contributed by atoms with Crippen LogP contribution >= 0.6 is 0 Å². The molecule has 0 aromatic carbocycles. The standard InChI is InChI=1S/C15H29N3OS/c1-4-20(19)14-7-5-6-13(9-14)18-15(16-3)17-10-12-8-11(12)2/h11-14H,4-10H2,1-3H3,(H2,16,17,18). The third kappa shape index (κ3) is 4.47. The second kappa shape index (κ2) is 7.43. The Morgan fingerprint density at radius 2 is 2.10 bits per heavy atom. The third-order valence-corrected chi connectivity index (χ3v) is 6.40. The van der Waals surface area contributed by atoms with Crippen LogP contribution in [0.25, 0.3) is 0 Å². The van der Waals surface area contributed by atoms with Crippen LogP contribution in [0.2, 0.25) is 0 Å². The quantitative estimate of drug-likeness (QED) is 0.602. The zero-order valence-corrected chi connectivity index (χ0v) is 13.8. The number of hydrogen-bond donors (Lipinski definition) is 2. The number of aliphatic imine (C=N–C) groups is 1. The van der Waals surface area contributed by atoms with Gasteiger partial charge in [0.25, 0.3) is 0 Å². The number of nitrogens with zero attached hydrogens (tertiary/aromatic N) is 1. The van der Waals surface area contributed by atoms with Crippen LogP contribution in [0.1, 0.15) is 46.0 Å². The molecule has 0 bridgehead atoms. The zero-order valence-electron chi connectivity index (χ0n) is 13.0. The van der Waals surface area contributed by atoms with Crippen LogP contribution in [-0.4, -0.2) is 40.8 Å². The van der Waals surface area contributed by atoms with E-state index < -0.39 is 10.8 Å². The molecule has 2 saturated carbocycles. The summed E-state index contributed by atoms with van der Waals surface area (Å²) in [5, 5.41) is 7.32. The molecule has 5 atom stereocenters. The van der Waals surface area contributed by atoms with Gasteiger partial charge in [0.15, 0.2) is 5.96 Å². The SMILES string of the molecule is CCS(=O)C1CCCC(NC(=NC)NCC2CC2C)C1. The summed E-state index contributed by atoms with van der Waals surface area (Å²) in [5.74, 6) is 3.38. The molecule has 2 rings (SSSR count). The highest BCUT2D eigenvalue weighted by atomic mass is 32.2. The predicted molar refractivity (Wildman–Crippen MR) is 86.5 cm³/mol. The molecule has 5 unspecified atom stereocenters. The Morgan fingerprint density at radius 1 is 1.35 bits per heavy atom. The van der Waals surface area contributed by atoms with Crippen molar-refractivity contribution < 1.29 is 4.21 Å². The van der Waals surface area contributed by atoms with Crippen molar-refractivity contribution in [1.82, 2.24) is 10.6 Å². The summed E-state index contributed by atoms with van der Waals surface area (Å²) in [6.07, 6.45) is 5.80. The molecule has 5 heteroatoms. The van der Waals surface area contributed by atoms with E-state index >= 15 is 0 Å². The zero-order chi connectivity index (χ0) is 14.5. The normalized spacial score (nSPS) is 35.5. The van der Waals surface area contributed by atoms with Crippen LogP contribution in [0.3, 0.4) is 0 Å². The van der Waals surface area contributed by atoms with Gasteiger partial charge in [0.1, 0.15) is 0 Å². The minimum absolute atomic E-state index is 0.368. The lowest BCUT2D eigenvalue weighted by atomic mass is 9.95. The van der Waals surface area contributed by atoms with Gasteiger partial charge in [-0.1, -0.05) is 20.3 Å². The number of guanidine groups is 1. The summed E-state index contributed by atoms with van der Waals surface area (Å²) in [5.41, 5.74) is 0. The lowest BCUT2D eigenvalue weighted by molar-refractivity contribution is 0.413. The van der Waals surface area contributed by atoms with E-state index in [0.717, 1.165) is 49.4 Å². The van der Waals surface area contributed by atoms with Gasteiger partial charge in [-0.2, -0.15) is 0 Å². The first-order chi connectivity index (χ1) is 9.63. The van der Waals surface area contributed by atoms with Crippen molar-refractivity contribution in [2.45, 2.75) is 57.2 Å². The molecular weight excluding hydrogens is 270 g/mol. The van der Waals surface area contributed by atoms with Crippen LogP contribution < -0.4 is 10.6 Å². The van der Waals surface area contributed by atoms with Crippen LogP contribution in [0, 0.1) is 11.8 Å². The average Bonchev–Trinajstić information content (AvgIpc) is 3.18. The molecule has 0 spiro atoms. The van der Waals surface area contributed by atoms with E-state index in [1.54, 1.807) is 0 Å². The maximum Gasteiger partial charge on any atom is 0.191 e. The van der Waals surface area contributed by atoms with E-state index in [2.05, 4.69) is 22.5 Å². The Bertz CT molecular complexity index is 372. The molecular formula is C15H29N3OS. The Balaban J connectivity index is 1.76. The van der Waals surface area contributed by atoms with Crippen LogP contribution in [-0.2, 0) is 10.8 Å². The lowest BCUT2D eigenvalue weighted by Gasteiger charge is -2.30. The maximum absolute atomic E-state index is 12.0. The molecule has 0 aromatic rings. The van der Waals surface area contributed by atoms with Crippen LogP contribution in [0.15, 0.2) is 4.99 Å². The summed E-state index contributed by atoms with van der Waals surface area (Å²) in [4.78, 5) is 4.32. The van der Waals surface area contributed by atoms with Crippen LogP contribution in [0.4, 0.5) is 0 Å². The maximum atomic E-state index is 12.0. The summed E-state index contributed by atoms with van der Waals surface area (Å²) in [7, 11) is 1.17. The molecule has 0 aliphatic heterocycles. The van der Waals surface area contributed by atoms with Gasteiger partial charge in [-0.25, -0.2) is 0 Å². The predicted octanol–water partition coefficient (Wildman–Crippen LogP) is 1.89. The Kier molecular flexibility index (Phi) is 5.87. The first-order valence-corrected chi connectivity index (χ1v) is 9.36. The molecule has 0 heterocycles. The van der Waals surface area contributed by atoms with Gasteiger partial charge in [-0.05, 0) is 37.5 Å². The summed E-state index contributed by atoms with van der Waals surface area (Å²) < 4.78 is 12.0. The number of nitrogens with one attached hydrogen (secondary N) is 2. The molecule has 2 N–H and O–H groups in total. The van der Waals surface area contributed by atoms with Gasteiger partial charge in [-0.3, -0.25) is 9.20 Å². The molecule has 20 heavy (non-hydrogen) atoms. The first kappa shape index (κ1) is 15.8. The molecule has 2 aliphatic carbocycles. The van der Waals surface area contributed by atoms with Crippen LogP contribution in [0.5, 0.6) is 0 Å². The molecule has 0 saturated heterocycles. The van der Waals surface area contributed by atoms with Crippen molar-refractivity contribution >= 4 is 16.8 Å². The second-order valence-electron chi connectivity index (χ2n) is 6.23. The fraction of sp³-hybridized carbons (Fsp3) is 0.933. The van der Waals surface area contributed by atoms with E-state index in [0.29, 0.717) is 11.3 Å². The highest BCUT2D eigenvalue weighted by Crippen LogP contribution is 2.36. The summed E-state index contributed by atoms with van der Waals surface area (Å²) in [6.45, 7) is 5.34. The van der Waals surface area contributed by atoms with E-state index in [1.165, 1.54) is 12.8 Å². The van der Waals surface area contributed by atoms with Gasteiger partial charge >= 0.3 is 0 Å². The molecule has 2 aliphatic rings. The minimum atomic E-state index is -0.657. The number of rotatable bonds is 5. The van der Waals surface area contributed by atoms with Crippen molar-refractivity contribution in [3.05, 3.63) is 0 Å². The minimum Gasteiger partial charge on any atom is -0.356 e. The smallest absolute Gasteiger partial charge is 0.191 e. The Morgan fingerprint density at radius 3 is 2.70 bits per heavy atom. The van der Waals surface area contributed by atoms with Gasteiger partial charge < -0.3 is 10.6 Å². The molecule has 0 amide bonds. The average molecular weight is 299 g/mol. The molecule has 0 radical (unpaired) electrons. The summed E-state index contributed by atoms with van der Waals surface area (Å²) in [6, 6.07) is 0.423. The highest BCUT2D eigenvalue weighted by molar-refractivity contribution is 7.85. The lowest BCUT2D eigenvalue weighted by Crippen LogP contribution is -2.47. The van der Waals surface area contributed by atoms with E-state index in [-0.39, 0.29) is 0 Å². The molecule has 116 valence electrons. The Labute approximate surface area is 125 Å². The fourth-order valence-electron chi connectivity index (χ4n) is 3.05. The van der Waals surface area contributed by atoms with Gasteiger partial charge in [0.05, 0.1) is 0 Å².